The van der Waals surface area contributed by atoms with Gasteiger partial charge in [-0.1, -0.05) is 18.2 Å². The molecule has 37 heavy (non-hydrogen) atoms. The van der Waals surface area contributed by atoms with E-state index in [2.05, 4.69) is 15.3 Å². The van der Waals surface area contributed by atoms with E-state index in [-0.39, 0.29) is 23.2 Å². The number of imide groups is 1. The zero-order chi connectivity index (χ0) is 25.8. The second kappa shape index (κ2) is 8.44. The molecule has 0 fully saturated rings. The molecule has 1 N–H and O–H groups in total. The molecule has 0 bridgehead atoms. The highest BCUT2D eigenvalue weighted by molar-refractivity contribution is 6.47. The van der Waals surface area contributed by atoms with Crippen LogP contribution in [-0.2, 0) is 25.5 Å². The molecule has 0 saturated carbocycles. The Balaban J connectivity index is 1.52. The van der Waals surface area contributed by atoms with Crippen LogP contribution in [0.5, 0.6) is 5.75 Å². The van der Waals surface area contributed by atoms with Crippen molar-refractivity contribution in [2.45, 2.75) is 32.4 Å². The molecule has 3 aliphatic rings. The molecule has 2 aromatic heterocycles. The number of nitrogens with zero attached hydrogens (tertiary/aromatic N) is 4. The van der Waals surface area contributed by atoms with Gasteiger partial charge in [0.2, 0.25) is 0 Å². The van der Waals surface area contributed by atoms with Gasteiger partial charge in [0.05, 0.1) is 47.6 Å². The largest absolute Gasteiger partial charge is 0.493 e. The average molecular weight is 498 g/mol. The predicted octanol–water partition coefficient (Wildman–Crippen LogP) is 2.41. The van der Waals surface area contributed by atoms with E-state index < -0.39 is 17.9 Å². The molecule has 0 aliphatic carbocycles. The van der Waals surface area contributed by atoms with Gasteiger partial charge in [-0.25, -0.2) is 9.78 Å². The van der Waals surface area contributed by atoms with Crippen molar-refractivity contribution >= 4 is 40.4 Å². The van der Waals surface area contributed by atoms with Crippen LogP contribution in [0.1, 0.15) is 30.7 Å². The minimum Gasteiger partial charge on any atom is -0.493 e. The normalized spacial score (nSPS) is 18.3. The van der Waals surface area contributed by atoms with Crippen LogP contribution in [-0.4, -0.2) is 52.1 Å². The second-order valence-corrected chi connectivity index (χ2v) is 9.15. The van der Waals surface area contributed by atoms with Gasteiger partial charge in [-0.15, -0.1) is 0 Å². The molecule has 2 amide bonds. The Bertz CT molecular complexity index is 1600. The Kier molecular flexibility index (Phi) is 5.18. The number of rotatable bonds is 5. The molecule has 0 radical (unpaired) electrons. The second-order valence-electron chi connectivity index (χ2n) is 9.15. The smallest absolute Gasteiger partial charge is 0.329 e. The lowest BCUT2D eigenvalue weighted by atomic mass is 9.94. The number of fused-ring (bicyclic) bond motifs is 1. The first-order chi connectivity index (χ1) is 17.9. The van der Waals surface area contributed by atoms with Crippen LogP contribution in [0.3, 0.4) is 0 Å². The SMILES string of the molecule is COc1cccn2c(C3=C(C4=NC=CN5c6c(cccc64)CC5C(=O)OC(C)C)C(=O)NC3=O)cnc12. The van der Waals surface area contributed by atoms with Crippen molar-refractivity contribution < 1.29 is 23.9 Å². The van der Waals surface area contributed by atoms with Crippen LogP contribution in [0, 0.1) is 0 Å². The van der Waals surface area contributed by atoms with Gasteiger partial charge in [0.1, 0.15) is 6.04 Å². The number of hydrogen-bond donors (Lipinski definition) is 1. The summed E-state index contributed by atoms with van der Waals surface area (Å²) in [5, 5.41) is 2.42. The summed E-state index contributed by atoms with van der Waals surface area (Å²) in [7, 11) is 1.54. The number of anilines is 1. The zero-order valence-electron chi connectivity index (χ0n) is 20.4. The number of amides is 2. The van der Waals surface area contributed by atoms with E-state index in [0.29, 0.717) is 34.8 Å². The van der Waals surface area contributed by atoms with Crippen LogP contribution in [0.2, 0.25) is 0 Å². The molecule has 1 atom stereocenters. The lowest BCUT2D eigenvalue weighted by molar-refractivity contribution is -0.148. The minimum absolute atomic E-state index is 0.141. The number of methoxy groups -OCH3 is 1. The number of carbonyl (C=O) groups excluding carboxylic acids is 3. The zero-order valence-corrected chi connectivity index (χ0v) is 20.4. The van der Waals surface area contributed by atoms with Gasteiger partial charge in [-0.3, -0.25) is 24.3 Å². The number of esters is 1. The molecule has 186 valence electrons. The monoisotopic (exact) mass is 497 g/mol. The van der Waals surface area contributed by atoms with Crippen molar-refractivity contribution in [2.75, 3.05) is 12.0 Å². The van der Waals surface area contributed by atoms with Crippen molar-refractivity contribution in [1.82, 2.24) is 14.7 Å². The first-order valence-corrected chi connectivity index (χ1v) is 11.9. The molecule has 1 unspecified atom stereocenters. The number of nitrogens with one attached hydrogen (secondary N) is 1. The summed E-state index contributed by atoms with van der Waals surface area (Å²) in [5.41, 5.74) is 3.93. The number of pyridine rings is 1. The van der Waals surface area contributed by atoms with Crippen molar-refractivity contribution in [3.63, 3.8) is 0 Å². The lowest BCUT2D eigenvalue weighted by Crippen LogP contribution is -2.37. The van der Waals surface area contributed by atoms with Crippen molar-refractivity contribution in [3.8, 4) is 5.75 Å². The van der Waals surface area contributed by atoms with Crippen molar-refractivity contribution in [3.05, 3.63) is 77.5 Å². The van der Waals surface area contributed by atoms with Crippen molar-refractivity contribution in [1.29, 1.82) is 0 Å². The summed E-state index contributed by atoms with van der Waals surface area (Å²) in [6, 6.07) is 8.63. The summed E-state index contributed by atoms with van der Waals surface area (Å²) < 4.78 is 12.6. The topological polar surface area (TPSA) is 115 Å². The Morgan fingerprint density at radius 1 is 1.14 bits per heavy atom. The highest BCUT2D eigenvalue weighted by Gasteiger charge is 2.41. The van der Waals surface area contributed by atoms with Crippen LogP contribution >= 0.6 is 0 Å². The first-order valence-electron chi connectivity index (χ1n) is 11.9. The molecular weight excluding hydrogens is 474 g/mol. The number of ether oxygens (including phenoxy) is 2. The fourth-order valence-corrected chi connectivity index (χ4v) is 5.10. The van der Waals surface area contributed by atoms with Gasteiger partial charge in [0.15, 0.2) is 11.4 Å². The number of hydrogen-bond acceptors (Lipinski definition) is 8. The number of carbonyl (C=O) groups is 3. The van der Waals surface area contributed by atoms with Crippen LogP contribution in [0.25, 0.3) is 11.2 Å². The molecule has 5 heterocycles. The number of aliphatic imine (C=N–C) groups is 1. The van der Waals surface area contributed by atoms with Gasteiger partial charge < -0.3 is 14.4 Å². The molecule has 10 nitrogen and oxygen atoms in total. The van der Waals surface area contributed by atoms with Crippen molar-refractivity contribution in [2.24, 2.45) is 4.99 Å². The Morgan fingerprint density at radius 3 is 2.73 bits per heavy atom. The maximum atomic E-state index is 13.2. The van der Waals surface area contributed by atoms with Gasteiger partial charge in [-0.05, 0) is 31.5 Å². The van der Waals surface area contributed by atoms with Crippen LogP contribution in [0.15, 0.2) is 65.7 Å². The van der Waals surface area contributed by atoms with Gasteiger partial charge >= 0.3 is 5.97 Å². The molecule has 10 heteroatoms. The third-order valence-corrected chi connectivity index (χ3v) is 6.58. The molecule has 1 aromatic carbocycles. The Morgan fingerprint density at radius 2 is 1.95 bits per heavy atom. The van der Waals surface area contributed by atoms with E-state index >= 15 is 0 Å². The Hall–Kier alpha value is -4.73. The third kappa shape index (κ3) is 3.44. The number of para-hydroxylation sites is 1. The Labute approximate surface area is 211 Å². The molecule has 6 rings (SSSR count). The van der Waals surface area contributed by atoms with E-state index in [1.54, 1.807) is 36.0 Å². The number of imidazole rings is 1. The van der Waals surface area contributed by atoms with E-state index in [0.717, 1.165) is 11.3 Å². The van der Waals surface area contributed by atoms with E-state index in [1.165, 1.54) is 12.4 Å². The van der Waals surface area contributed by atoms with Gasteiger partial charge in [0, 0.05) is 30.6 Å². The average Bonchev–Trinajstić information content (AvgIpc) is 3.50. The molecule has 3 aliphatic heterocycles. The quantitative estimate of drug-likeness (QED) is 0.425. The fourth-order valence-electron chi connectivity index (χ4n) is 5.10. The minimum atomic E-state index is -0.553. The summed E-state index contributed by atoms with van der Waals surface area (Å²) in [6.07, 6.45) is 6.75. The number of aromatic nitrogens is 2. The standard InChI is InChI=1S/C27H23N5O5/c1-14(2)37-27(35)17-12-15-6-4-7-16-22(28-9-11-31(17)23(15)16)21-20(25(33)30-26(21)34)18-13-29-24-19(36-3)8-5-10-32(18)24/h4-11,13-14,17H,12H2,1-3H3,(H,30,33,34). The predicted molar refractivity (Wildman–Crippen MR) is 135 cm³/mol. The van der Waals surface area contributed by atoms with E-state index in [9.17, 15) is 14.4 Å². The first kappa shape index (κ1) is 22.7. The maximum Gasteiger partial charge on any atom is 0.329 e. The number of benzene rings is 1. The molecule has 0 spiro atoms. The molecule has 3 aromatic rings. The van der Waals surface area contributed by atoms with Gasteiger partial charge in [0.25, 0.3) is 11.8 Å². The van der Waals surface area contributed by atoms with Crippen LogP contribution in [0.4, 0.5) is 5.69 Å². The molecule has 0 saturated heterocycles. The fraction of sp³-hybridized carbons (Fsp3) is 0.222. The van der Waals surface area contributed by atoms with Crippen LogP contribution < -0.4 is 15.0 Å². The lowest BCUT2D eigenvalue weighted by Gasteiger charge is -2.23. The summed E-state index contributed by atoms with van der Waals surface area (Å²) in [5.74, 6) is -0.891. The van der Waals surface area contributed by atoms with E-state index in [4.69, 9.17) is 9.47 Å². The highest BCUT2D eigenvalue weighted by atomic mass is 16.5. The van der Waals surface area contributed by atoms with Gasteiger partial charge in [-0.2, -0.15) is 0 Å². The third-order valence-electron chi connectivity index (χ3n) is 6.58. The highest BCUT2D eigenvalue weighted by Crippen LogP contribution is 2.40. The summed E-state index contributed by atoms with van der Waals surface area (Å²) >= 11 is 0. The summed E-state index contributed by atoms with van der Waals surface area (Å²) in [6.45, 7) is 3.62. The summed E-state index contributed by atoms with van der Waals surface area (Å²) in [4.78, 5) is 50.1. The maximum absolute atomic E-state index is 13.2. The molecular formula is C27H23N5O5. The van der Waals surface area contributed by atoms with E-state index in [1.807, 2.05) is 36.9 Å².